The van der Waals surface area contributed by atoms with Crippen LogP contribution in [0.4, 0.5) is 26.0 Å². The van der Waals surface area contributed by atoms with Crippen molar-refractivity contribution in [2.75, 3.05) is 10.6 Å². The topological polar surface area (TPSA) is 66.9 Å². The van der Waals surface area contributed by atoms with Gasteiger partial charge < -0.3 is 10.6 Å². The van der Waals surface area contributed by atoms with Gasteiger partial charge in [0.25, 0.3) is 5.91 Å². The highest BCUT2D eigenvalue weighted by Gasteiger charge is 2.11. The first-order valence-corrected chi connectivity index (χ1v) is 7.92. The van der Waals surface area contributed by atoms with Crippen LogP contribution in [-0.4, -0.2) is 15.9 Å². The quantitative estimate of drug-likeness (QED) is 0.694. The van der Waals surface area contributed by atoms with Crippen molar-refractivity contribution in [1.82, 2.24) is 9.97 Å². The SMILES string of the molecule is Cc1ccc(Cl)cc1NC(=O)c1cnc(Nc2ccc(F)cc2F)cn1. The van der Waals surface area contributed by atoms with Gasteiger partial charge in [-0.3, -0.25) is 4.79 Å². The summed E-state index contributed by atoms with van der Waals surface area (Å²) in [5.74, 6) is -1.68. The van der Waals surface area contributed by atoms with Crippen LogP contribution in [0.5, 0.6) is 0 Å². The first-order chi connectivity index (χ1) is 12.4. The number of amides is 1. The summed E-state index contributed by atoms with van der Waals surface area (Å²) < 4.78 is 26.5. The highest BCUT2D eigenvalue weighted by Crippen LogP contribution is 2.21. The van der Waals surface area contributed by atoms with Gasteiger partial charge in [-0.1, -0.05) is 17.7 Å². The lowest BCUT2D eigenvalue weighted by molar-refractivity contribution is 0.102. The molecule has 0 atom stereocenters. The molecule has 0 fully saturated rings. The standard InChI is InChI=1S/C18H13ClF2N4O/c1-10-2-3-11(19)6-15(10)25-18(26)16-8-23-17(9-22-16)24-14-5-4-12(20)7-13(14)21/h2-9H,1H3,(H,23,24)(H,25,26). The van der Waals surface area contributed by atoms with Crippen LogP contribution in [0.15, 0.2) is 48.8 Å². The molecule has 5 nitrogen and oxygen atoms in total. The zero-order valence-corrected chi connectivity index (χ0v) is 14.3. The van der Waals surface area contributed by atoms with Gasteiger partial charge in [-0.15, -0.1) is 0 Å². The Hall–Kier alpha value is -3.06. The third kappa shape index (κ3) is 4.12. The van der Waals surface area contributed by atoms with Crippen LogP contribution in [0.3, 0.4) is 0 Å². The third-order valence-corrected chi connectivity index (χ3v) is 3.76. The molecule has 0 bridgehead atoms. The molecule has 132 valence electrons. The molecule has 0 aliphatic heterocycles. The Morgan fingerprint density at radius 2 is 1.85 bits per heavy atom. The van der Waals surface area contributed by atoms with Crippen molar-refractivity contribution in [3.8, 4) is 0 Å². The predicted molar refractivity (Wildman–Crippen MR) is 95.8 cm³/mol. The fourth-order valence-electron chi connectivity index (χ4n) is 2.15. The molecule has 1 amide bonds. The van der Waals surface area contributed by atoms with E-state index in [1.807, 2.05) is 6.92 Å². The number of halogens is 3. The monoisotopic (exact) mass is 374 g/mol. The Kier molecular flexibility index (Phi) is 5.09. The van der Waals surface area contributed by atoms with E-state index >= 15 is 0 Å². The van der Waals surface area contributed by atoms with Crippen molar-refractivity contribution < 1.29 is 13.6 Å². The lowest BCUT2D eigenvalue weighted by Crippen LogP contribution is -2.15. The summed E-state index contributed by atoms with van der Waals surface area (Å²) in [7, 11) is 0. The number of aryl methyl sites for hydroxylation is 1. The van der Waals surface area contributed by atoms with Gasteiger partial charge in [-0.25, -0.2) is 18.7 Å². The zero-order valence-electron chi connectivity index (χ0n) is 13.6. The normalized spacial score (nSPS) is 10.5. The average Bonchev–Trinajstić information content (AvgIpc) is 2.61. The van der Waals surface area contributed by atoms with Gasteiger partial charge in [0.15, 0.2) is 0 Å². The lowest BCUT2D eigenvalue weighted by Gasteiger charge is -2.09. The van der Waals surface area contributed by atoms with E-state index in [9.17, 15) is 13.6 Å². The lowest BCUT2D eigenvalue weighted by atomic mass is 10.2. The van der Waals surface area contributed by atoms with Crippen LogP contribution in [0.2, 0.25) is 5.02 Å². The van der Waals surface area contributed by atoms with Gasteiger partial charge in [0.05, 0.1) is 18.1 Å². The maximum Gasteiger partial charge on any atom is 0.275 e. The first kappa shape index (κ1) is 17.8. The molecule has 0 radical (unpaired) electrons. The van der Waals surface area contributed by atoms with E-state index in [-0.39, 0.29) is 17.2 Å². The zero-order chi connectivity index (χ0) is 18.7. The number of anilines is 3. The number of carbonyl (C=O) groups is 1. The number of aromatic nitrogens is 2. The Morgan fingerprint density at radius 1 is 1.04 bits per heavy atom. The van der Waals surface area contributed by atoms with Crippen LogP contribution >= 0.6 is 11.6 Å². The maximum atomic E-state index is 13.6. The van der Waals surface area contributed by atoms with Crippen molar-refractivity contribution in [2.45, 2.75) is 6.92 Å². The molecule has 0 aliphatic carbocycles. The summed E-state index contributed by atoms with van der Waals surface area (Å²) in [5, 5.41) is 5.87. The first-order valence-electron chi connectivity index (χ1n) is 7.54. The van der Waals surface area contributed by atoms with Crippen LogP contribution in [0.25, 0.3) is 0 Å². The highest BCUT2D eigenvalue weighted by atomic mass is 35.5. The van der Waals surface area contributed by atoms with E-state index in [1.54, 1.807) is 18.2 Å². The van der Waals surface area contributed by atoms with E-state index in [1.165, 1.54) is 18.5 Å². The minimum absolute atomic E-state index is 0.0486. The molecule has 1 heterocycles. The summed E-state index contributed by atoms with van der Waals surface area (Å²) in [6, 6.07) is 8.26. The second kappa shape index (κ2) is 7.45. The predicted octanol–water partition coefficient (Wildman–Crippen LogP) is 4.71. The fraction of sp³-hybridized carbons (Fsp3) is 0.0556. The number of nitrogens with one attached hydrogen (secondary N) is 2. The Morgan fingerprint density at radius 3 is 2.54 bits per heavy atom. The number of hydrogen-bond donors (Lipinski definition) is 2. The second-order valence-electron chi connectivity index (χ2n) is 5.45. The van der Waals surface area contributed by atoms with Crippen LogP contribution < -0.4 is 10.6 Å². The van der Waals surface area contributed by atoms with Crippen LogP contribution in [0.1, 0.15) is 16.1 Å². The number of benzene rings is 2. The molecule has 0 saturated carbocycles. The summed E-state index contributed by atoms with van der Waals surface area (Å²) in [4.78, 5) is 20.3. The van der Waals surface area contributed by atoms with Gasteiger partial charge in [-0.05, 0) is 36.8 Å². The van der Waals surface area contributed by atoms with E-state index in [2.05, 4.69) is 20.6 Å². The minimum atomic E-state index is -0.759. The largest absolute Gasteiger partial charge is 0.337 e. The van der Waals surface area contributed by atoms with Crippen molar-refractivity contribution in [3.05, 3.63) is 76.7 Å². The summed E-state index contributed by atoms with van der Waals surface area (Å²) in [6.07, 6.45) is 2.53. The molecule has 2 N–H and O–H groups in total. The summed E-state index contributed by atoms with van der Waals surface area (Å²) >= 11 is 5.92. The van der Waals surface area contributed by atoms with Gasteiger partial charge in [0.2, 0.25) is 0 Å². The number of carbonyl (C=O) groups excluding carboxylic acids is 1. The second-order valence-corrected chi connectivity index (χ2v) is 5.89. The van der Waals surface area contributed by atoms with Crippen LogP contribution in [0, 0.1) is 18.6 Å². The molecule has 0 spiro atoms. The van der Waals surface area contributed by atoms with Crippen molar-refractivity contribution in [2.24, 2.45) is 0 Å². The van der Waals surface area contributed by atoms with E-state index in [0.29, 0.717) is 10.7 Å². The van der Waals surface area contributed by atoms with Gasteiger partial charge in [0.1, 0.15) is 23.1 Å². The van der Waals surface area contributed by atoms with E-state index in [0.717, 1.165) is 17.7 Å². The summed E-state index contributed by atoms with van der Waals surface area (Å²) in [5.41, 5.74) is 1.54. The maximum absolute atomic E-state index is 13.6. The van der Waals surface area contributed by atoms with Gasteiger partial charge >= 0.3 is 0 Å². The van der Waals surface area contributed by atoms with Crippen molar-refractivity contribution >= 4 is 34.7 Å². The Balaban J connectivity index is 1.72. The van der Waals surface area contributed by atoms with E-state index in [4.69, 9.17) is 11.6 Å². The molecule has 0 saturated heterocycles. The molecule has 1 aromatic heterocycles. The molecule has 3 rings (SSSR count). The van der Waals surface area contributed by atoms with Crippen LogP contribution in [-0.2, 0) is 0 Å². The smallest absolute Gasteiger partial charge is 0.275 e. The number of hydrogen-bond acceptors (Lipinski definition) is 4. The highest BCUT2D eigenvalue weighted by molar-refractivity contribution is 6.31. The molecular weight excluding hydrogens is 362 g/mol. The Bertz CT molecular complexity index is 964. The van der Waals surface area contributed by atoms with Gasteiger partial charge in [0, 0.05) is 16.8 Å². The summed E-state index contributed by atoms with van der Waals surface area (Å²) in [6.45, 7) is 1.84. The molecule has 8 heteroatoms. The molecule has 0 aliphatic rings. The minimum Gasteiger partial charge on any atom is -0.337 e. The van der Waals surface area contributed by atoms with E-state index < -0.39 is 17.5 Å². The molecule has 2 aromatic carbocycles. The Labute approximate surface area is 153 Å². The molecule has 26 heavy (non-hydrogen) atoms. The molecule has 0 unspecified atom stereocenters. The van der Waals surface area contributed by atoms with Crippen molar-refractivity contribution in [1.29, 1.82) is 0 Å². The third-order valence-electron chi connectivity index (χ3n) is 3.53. The fourth-order valence-corrected chi connectivity index (χ4v) is 2.33. The van der Waals surface area contributed by atoms with Crippen molar-refractivity contribution in [3.63, 3.8) is 0 Å². The average molecular weight is 375 g/mol. The molecular formula is C18H13ClF2N4O. The van der Waals surface area contributed by atoms with Gasteiger partial charge in [-0.2, -0.15) is 0 Å². The number of nitrogens with zero attached hydrogens (tertiary/aromatic N) is 2. The molecule has 3 aromatic rings. The number of rotatable bonds is 4.